The van der Waals surface area contributed by atoms with Gasteiger partial charge in [0.05, 0.1) is 5.02 Å². The average Bonchev–Trinajstić information content (AvgIpc) is 2.40. The number of hydrogen-bond acceptors (Lipinski definition) is 0. The Bertz CT molecular complexity index is 572. The van der Waals surface area contributed by atoms with Crippen LogP contribution >= 0.6 is 27.5 Å². The summed E-state index contributed by atoms with van der Waals surface area (Å²) in [5.74, 6) is -0.676. The highest BCUT2D eigenvalue weighted by atomic mass is 79.9. The highest BCUT2D eigenvalue weighted by Gasteiger charge is 2.15. The van der Waals surface area contributed by atoms with Gasteiger partial charge in [0.2, 0.25) is 0 Å². The van der Waals surface area contributed by atoms with Gasteiger partial charge in [-0.05, 0) is 41.7 Å². The summed E-state index contributed by atoms with van der Waals surface area (Å²) in [6, 6.07) is 11.3. The smallest absolute Gasteiger partial charge is 0.144 e. The molecular weight excluding hydrogens is 334 g/mol. The van der Waals surface area contributed by atoms with E-state index in [9.17, 15) is 8.78 Å². The lowest BCUT2D eigenvalue weighted by Gasteiger charge is -2.15. The Morgan fingerprint density at radius 3 is 2.53 bits per heavy atom. The van der Waals surface area contributed by atoms with Crippen LogP contribution in [-0.4, -0.2) is 5.33 Å². The predicted octanol–water partition coefficient (Wildman–Crippen LogP) is 5.34. The summed E-state index contributed by atoms with van der Waals surface area (Å²) in [5.41, 5.74) is 1.39. The average molecular weight is 346 g/mol. The van der Waals surface area contributed by atoms with E-state index < -0.39 is 5.82 Å². The van der Waals surface area contributed by atoms with Gasteiger partial charge in [0.15, 0.2) is 0 Å². The number of benzene rings is 2. The summed E-state index contributed by atoms with van der Waals surface area (Å²) in [6.07, 6.45) is 0.473. The molecule has 0 nitrogen and oxygen atoms in total. The quantitative estimate of drug-likeness (QED) is 0.656. The topological polar surface area (TPSA) is 0 Å². The van der Waals surface area contributed by atoms with E-state index in [-0.39, 0.29) is 16.8 Å². The molecule has 100 valence electrons. The Hall–Kier alpha value is -0.930. The molecule has 0 radical (unpaired) electrons. The van der Waals surface area contributed by atoms with Crippen LogP contribution in [0.2, 0.25) is 5.02 Å². The molecule has 0 aliphatic carbocycles. The normalized spacial score (nSPS) is 12.4. The van der Waals surface area contributed by atoms with Crippen molar-refractivity contribution in [2.24, 2.45) is 0 Å². The van der Waals surface area contributed by atoms with Crippen LogP contribution in [0.4, 0.5) is 8.78 Å². The zero-order chi connectivity index (χ0) is 13.8. The van der Waals surface area contributed by atoms with Crippen molar-refractivity contribution in [2.45, 2.75) is 12.3 Å². The molecule has 0 heterocycles. The van der Waals surface area contributed by atoms with Crippen LogP contribution < -0.4 is 0 Å². The van der Waals surface area contributed by atoms with E-state index in [0.717, 1.165) is 5.56 Å². The van der Waals surface area contributed by atoms with Crippen LogP contribution in [0.5, 0.6) is 0 Å². The van der Waals surface area contributed by atoms with Gasteiger partial charge in [-0.3, -0.25) is 0 Å². The van der Waals surface area contributed by atoms with Crippen molar-refractivity contribution in [3.8, 4) is 0 Å². The minimum atomic E-state index is -0.397. The molecule has 0 fully saturated rings. The Labute approximate surface area is 124 Å². The maximum absolute atomic E-state index is 13.9. The van der Waals surface area contributed by atoms with Gasteiger partial charge in [-0.15, -0.1) is 0 Å². The molecule has 0 aliphatic heterocycles. The van der Waals surface area contributed by atoms with E-state index in [1.54, 1.807) is 18.2 Å². The Kier molecular flexibility index (Phi) is 4.94. The van der Waals surface area contributed by atoms with Gasteiger partial charge in [0, 0.05) is 5.33 Å². The molecule has 0 bridgehead atoms. The van der Waals surface area contributed by atoms with Gasteiger partial charge in [-0.2, -0.15) is 0 Å². The van der Waals surface area contributed by atoms with Crippen molar-refractivity contribution in [1.82, 2.24) is 0 Å². The Balaban J connectivity index is 2.26. The summed E-state index contributed by atoms with van der Waals surface area (Å²) in [7, 11) is 0. The van der Waals surface area contributed by atoms with Gasteiger partial charge < -0.3 is 0 Å². The Morgan fingerprint density at radius 1 is 1.11 bits per heavy atom. The molecular formula is C15H12BrClF2. The largest absolute Gasteiger partial charge is 0.207 e. The second-order valence-corrected chi connectivity index (χ2v) is 5.38. The second-order valence-electron chi connectivity index (χ2n) is 4.32. The molecule has 19 heavy (non-hydrogen) atoms. The van der Waals surface area contributed by atoms with Crippen LogP contribution in [0.15, 0.2) is 42.5 Å². The lowest BCUT2D eigenvalue weighted by molar-refractivity contribution is 0.596. The van der Waals surface area contributed by atoms with Crippen LogP contribution in [0.3, 0.4) is 0 Å². The molecule has 1 unspecified atom stereocenters. The van der Waals surface area contributed by atoms with E-state index in [2.05, 4.69) is 15.9 Å². The maximum atomic E-state index is 13.9. The molecule has 0 aromatic heterocycles. The first-order valence-electron chi connectivity index (χ1n) is 5.86. The third-order valence-electron chi connectivity index (χ3n) is 3.00. The monoisotopic (exact) mass is 344 g/mol. The third kappa shape index (κ3) is 3.54. The van der Waals surface area contributed by atoms with Crippen molar-refractivity contribution in [2.75, 3.05) is 5.33 Å². The predicted molar refractivity (Wildman–Crippen MR) is 78.0 cm³/mol. The highest BCUT2D eigenvalue weighted by Crippen LogP contribution is 2.27. The minimum absolute atomic E-state index is 0.00340. The van der Waals surface area contributed by atoms with Gasteiger partial charge in [-0.1, -0.05) is 51.8 Å². The van der Waals surface area contributed by atoms with Crippen LogP contribution in [0.1, 0.15) is 17.0 Å². The molecule has 2 rings (SSSR count). The molecule has 2 aromatic rings. The molecule has 0 saturated carbocycles. The van der Waals surface area contributed by atoms with E-state index in [1.165, 1.54) is 18.2 Å². The van der Waals surface area contributed by atoms with Crippen molar-refractivity contribution in [3.05, 3.63) is 70.2 Å². The van der Waals surface area contributed by atoms with Gasteiger partial charge >= 0.3 is 0 Å². The fourth-order valence-electron chi connectivity index (χ4n) is 1.99. The molecule has 0 aliphatic rings. The molecule has 1 atom stereocenters. The first-order valence-corrected chi connectivity index (χ1v) is 7.36. The first kappa shape index (κ1) is 14.5. The lowest BCUT2D eigenvalue weighted by Crippen LogP contribution is -2.06. The van der Waals surface area contributed by atoms with E-state index in [0.29, 0.717) is 17.3 Å². The van der Waals surface area contributed by atoms with Crippen LogP contribution in [-0.2, 0) is 6.42 Å². The van der Waals surface area contributed by atoms with Crippen molar-refractivity contribution < 1.29 is 8.78 Å². The van der Waals surface area contributed by atoms with Crippen LogP contribution in [0.25, 0.3) is 0 Å². The van der Waals surface area contributed by atoms with Crippen molar-refractivity contribution in [3.63, 3.8) is 0 Å². The van der Waals surface area contributed by atoms with Gasteiger partial charge in [0.1, 0.15) is 11.6 Å². The van der Waals surface area contributed by atoms with E-state index >= 15 is 0 Å². The van der Waals surface area contributed by atoms with Crippen molar-refractivity contribution in [1.29, 1.82) is 0 Å². The fourth-order valence-corrected chi connectivity index (χ4v) is 2.79. The molecule has 0 spiro atoms. The summed E-state index contributed by atoms with van der Waals surface area (Å²) >= 11 is 9.16. The highest BCUT2D eigenvalue weighted by molar-refractivity contribution is 9.09. The number of hydrogen-bond donors (Lipinski definition) is 0. The number of alkyl halides is 1. The van der Waals surface area contributed by atoms with E-state index in [1.807, 2.05) is 6.07 Å². The summed E-state index contributed by atoms with van der Waals surface area (Å²) in [6.45, 7) is 0. The summed E-state index contributed by atoms with van der Waals surface area (Å²) in [4.78, 5) is 0. The SMILES string of the molecule is Fc1cccc(C(CBr)Cc2cccc(Cl)c2F)c1. The zero-order valence-corrected chi connectivity index (χ0v) is 12.4. The van der Waals surface area contributed by atoms with Crippen LogP contribution in [0, 0.1) is 11.6 Å². The van der Waals surface area contributed by atoms with E-state index in [4.69, 9.17) is 11.6 Å². The lowest BCUT2D eigenvalue weighted by atomic mass is 9.93. The standard InChI is InChI=1S/C15H12BrClF2/c16-9-12(10-3-1-5-13(18)8-10)7-11-4-2-6-14(17)15(11)19/h1-6,8,12H,7,9H2. The number of rotatable bonds is 4. The molecule has 0 saturated heterocycles. The molecule has 4 heteroatoms. The minimum Gasteiger partial charge on any atom is -0.207 e. The Morgan fingerprint density at radius 2 is 1.84 bits per heavy atom. The zero-order valence-electron chi connectivity index (χ0n) is 10.0. The molecule has 0 amide bonds. The molecule has 0 N–H and O–H groups in total. The fraction of sp³-hybridized carbons (Fsp3) is 0.200. The first-order chi connectivity index (χ1) is 9.11. The molecule has 2 aromatic carbocycles. The summed E-state index contributed by atoms with van der Waals surface area (Å²) < 4.78 is 27.1. The maximum Gasteiger partial charge on any atom is 0.144 e. The van der Waals surface area contributed by atoms with Crippen molar-refractivity contribution >= 4 is 27.5 Å². The number of halogens is 4. The third-order valence-corrected chi connectivity index (χ3v) is 4.08. The van der Waals surface area contributed by atoms with Gasteiger partial charge in [-0.25, -0.2) is 8.78 Å². The summed E-state index contributed by atoms with van der Waals surface area (Å²) in [5, 5.41) is 0.743. The van der Waals surface area contributed by atoms with Gasteiger partial charge in [0.25, 0.3) is 0 Å². The second kappa shape index (κ2) is 6.49.